The predicted molar refractivity (Wildman–Crippen MR) is 63.6 cm³/mol. The van der Waals surface area contributed by atoms with Crippen molar-refractivity contribution in [1.82, 2.24) is 4.98 Å². The molecule has 0 aliphatic carbocycles. The number of aromatic nitrogens is 1. The fraction of sp³-hybridized carbons (Fsp3) is 0.154. The van der Waals surface area contributed by atoms with Crippen molar-refractivity contribution >= 4 is 0 Å². The summed E-state index contributed by atoms with van der Waals surface area (Å²) in [6.45, 7) is 0.219. The fourth-order valence-corrected chi connectivity index (χ4v) is 1.53. The number of pyridine rings is 1. The Morgan fingerprint density at radius 3 is 2.68 bits per heavy atom. The zero-order chi connectivity index (χ0) is 13.9. The number of ether oxygens (including phenoxy) is 1. The van der Waals surface area contributed by atoms with Crippen LogP contribution in [0.3, 0.4) is 0 Å². The average molecular weight is 268 g/mol. The molecule has 2 rings (SSSR count). The van der Waals surface area contributed by atoms with E-state index in [0.29, 0.717) is 11.3 Å². The Morgan fingerprint density at radius 1 is 1.21 bits per heavy atom. The van der Waals surface area contributed by atoms with Gasteiger partial charge in [0.15, 0.2) is 0 Å². The molecule has 1 aromatic carbocycles. The van der Waals surface area contributed by atoms with Crippen molar-refractivity contribution in [3.8, 4) is 11.5 Å². The molecule has 0 aliphatic heterocycles. The zero-order valence-corrected chi connectivity index (χ0v) is 9.82. The lowest BCUT2D eigenvalue weighted by Crippen LogP contribution is -2.05. The van der Waals surface area contributed by atoms with Crippen molar-refractivity contribution in [2.24, 2.45) is 5.73 Å². The molecule has 0 bridgehead atoms. The Hall–Kier alpha value is -2.08. The van der Waals surface area contributed by atoms with E-state index in [4.69, 9.17) is 10.5 Å². The van der Waals surface area contributed by atoms with Gasteiger partial charge in [-0.05, 0) is 24.3 Å². The van der Waals surface area contributed by atoms with Gasteiger partial charge in [-0.1, -0.05) is 6.07 Å². The minimum atomic E-state index is -4.40. The normalized spacial score (nSPS) is 11.4. The van der Waals surface area contributed by atoms with Gasteiger partial charge in [0, 0.05) is 18.3 Å². The molecule has 0 saturated carbocycles. The van der Waals surface area contributed by atoms with Crippen molar-refractivity contribution < 1.29 is 17.9 Å². The van der Waals surface area contributed by atoms with Crippen molar-refractivity contribution in [3.05, 3.63) is 53.9 Å². The van der Waals surface area contributed by atoms with Gasteiger partial charge in [-0.2, -0.15) is 13.2 Å². The maximum atomic E-state index is 12.6. The molecule has 0 radical (unpaired) electrons. The second-order valence-corrected chi connectivity index (χ2v) is 3.82. The Kier molecular flexibility index (Phi) is 3.71. The number of hydrogen-bond donors (Lipinski definition) is 1. The van der Waals surface area contributed by atoms with Crippen LogP contribution in [0.1, 0.15) is 11.1 Å². The molecule has 2 N–H and O–H groups in total. The van der Waals surface area contributed by atoms with E-state index < -0.39 is 11.7 Å². The van der Waals surface area contributed by atoms with Gasteiger partial charge in [0.05, 0.1) is 11.8 Å². The number of alkyl halides is 3. The van der Waals surface area contributed by atoms with E-state index >= 15 is 0 Å². The molecule has 0 saturated heterocycles. The summed E-state index contributed by atoms with van der Waals surface area (Å²) >= 11 is 0. The van der Waals surface area contributed by atoms with E-state index in [1.165, 1.54) is 18.3 Å². The predicted octanol–water partition coefficient (Wildman–Crippen LogP) is 3.35. The summed E-state index contributed by atoms with van der Waals surface area (Å²) in [5.41, 5.74) is 5.43. The number of hydrogen-bond acceptors (Lipinski definition) is 3. The minimum absolute atomic E-state index is 0.0949. The molecule has 0 spiro atoms. The Morgan fingerprint density at radius 2 is 2.00 bits per heavy atom. The fourth-order valence-electron chi connectivity index (χ4n) is 1.53. The SMILES string of the molecule is NCc1ccncc1Oc1cccc(C(F)(F)F)c1. The van der Waals surface area contributed by atoms with E-state index in [2.05, 4.69) is 4.98 Å². The summed E-state index contributed by atoms with van der Waals surface area (Å²) in [5.74, 6) is 0.446. The summed E-state index contributed by atoms with van der Waals surface area (Å²) < 4.78 is 43.1. The molecule has 0 fully saturated rings. The molecule has 6 heteroatoms. The first kappa shape index (κ1) is 13.4. The van der Waals surface area contributed by atoms with Crippen LogP contribution in [0.4, 0.5) is 13.2 Å². The number of nitrogens with zero attached hydrogens (tertiary/aromatic N) is 1. The largest absolute Gasteiger partial charge is 0.455 e. The number of halogens is 3. The highest BCUT2D eigenvalue weighted by Gasteiger charge is 2.30. The third-order valence-electron chi connectivity index (χ3n) is 2.48. The summed E-state index contributed by atoms with van der Waals surface area (Å²) in [7, 11) is 0. The summed E-state index contributed by atoms with van der Waals surface area (Å²) in [6, 6.07) is 6.31. The van der Waals surface area contributed by atoms with E-state index in [1.807, 2.05) is 0 Å². The van der Waals surface area contributed by atoms with Crippen LogP contribution in [0.2, 0.25) is 0 Å². The van der Waals surface area contributed by atoms with Crippen LogP contribution < -0.4 is 10.5 Å². The van der Waals surface area contributed by atoms with E-state index in [0.717, 1.165) is 12.1 Å². The van der Waals surface area contributed by atoms with Crippen molar-refractivity contribution in [3.63, 3.8) is 0 Å². The molecule has 0 aliphatic rings. The molecular weight excluding hydrogens is 257 g/mol. The van der Waals surface area contributed by atoms with E-state index in [-0.39, 0.29) is 12.3 Å². The standard InChI is InChI=1S/C13H11F3N2O/c14-13(15,16)10-2-1-3-11(6-10)19-12-8-18-5-4-9(12)7-17/h1-6,8H,7,17H2. The van der Waals surface area contributed by atoms with Gasteiger partial charge in [-0.3, -0.25) is 4.98 Å². The topological polar surface area (TPSA) is 48.1 Å². The summed E-state index contributed by atoms with van der Waals surface area (Å²) in [5, 5.41) is 0. The number of rotatable bonds is 3. The highest BCUT2D eigenvalue weighted by molar-refractivity contribution is 5.37. The maximum absolute atomic E-state index is 12.6. The van der Waals surface area contributed by atoms with Crippen molar-refractivity contribution in [2.45, 2.75) is 12.7 Å². The molecule has 19 heavy (non-hydrogen) atoms. The molecule has 100 valence electrons. The summed E-state index contributed by atoms with van der Waals surface area (Å²) in [6.07, 6.45) is -1.44. The lowest BCUT2D eigenvalue weighted by Gasteiger charge is -2.11. The van der Waals surface area contributed by atoms with Gasteiger partial charge >= 0.3 is 6.18 Å². The average Bonchev–Trinajstić information content (AvgIpc) is 2.39. The first-order valence-corrected chi connectivity index (χ1v) is 5.49. The van der Waals surface area contributed by atoms with Gasteiger partial charge in [0.1, 0.15) is 11.5 Å². The van der Waals surface area contributed by atoms with Crippen LogP contribution >= 0.6 is 0 Å². The third-order valence-corrected chi connectivity index (χ3v) is 2.48. The monoisotopic (exact) mass is 268 g/mol. The van der Waals surface area contributed by atoms with Gasteiger partial charge in [0.25, 0.3) is 0 Å². The number of nitrogens with two attached hydrogens (primary N) is 1. The Bertz CT molecular complexity index is 570. The van der Waals surface area contributed by atoms with Gasteiger partial charge < -0.3 is 10.5 Å². The van der Waals surface area contributed by atoms with Crippen molar-refractivity contribution in [1.29, 1.82) is 0 Å². The van der Waals surface area contributed by atoms with Gasteiger partial charge in [-0.15, -0.1) is 0 Å². The summed E-state index contributed by atoms with van der Waals surface area (Å²) in [4.78, 5) is 3.86. The molecule has 1 aromatic heterocycles. The maximum Gasteiger partial charge on any atom is 0.416 e. The lowest BCUT2D eigenvalue weighted by atomic mass is 10.2. The van der Waals surface area contributed by atoms with Crippen LogP contribution in [0.5, 0.6) is 11.5 Å². The molecule has 2 aromatic rings. The van der Waals surface area contributed by atoms with Crippen LogP contribution in [0.15, 0.2) is 42.7 Å². The van der Waals surface area contributed by atoms with Crippen molar-refractivity contribution in [2.75, 3.05) is 0 Å². The highest BCUT2D eigenvalue weighted by atomic mass is 19.4. The first-order chi connectivity index (χ1) is 9.00. The van der Waals surface area contributed by atoms with Crippen LogP contribution in [0, 0.1) is 0 Å². The second kappa shape index (κ2) is 5.27. The molecule has 0 unspecified atom stereocenters. The highest BCUT2D eigenvalue weighted by Crippen LogP contribution is 2.33. The smallest absolute Gasteiger partial charge is 0.416 e. The number of benzene rings is 1. The van der Waals surface area contributed by atoms with Crippen LogP contribution in [-0.4, -0.2) is 4.98 Å². The van der Waals surface area contributed by atoms with E-state index in [1.54, 1.807) is 12.3 Å². The zero-order valence-electron chi connectivity index (χ0n) is 9.82. The first-order valence-electron chi connectivity index (χ1n) is 5.49. The molecule has 1 heterocycles. The lowest BCUT2D eigenvalue weighted by molar-refractivity contribution is -0.137. The molecular formula is C13H11F3N2O. The quantitative estimate of drug-likeness (QED) is 0.928. The molecule has 3 nitrogen and oxygen atoms in total. The minimum Gasteiger partial charge on any atom is -0.455 e. The Labute approximate surface area is 107 Å². The third kappa shape index (κ3) is 3.23. The second-order valence-electron chi connectivity index (χ2n) is 3.82. The van der Waals surface area contributed by atoms with Crippen LogP contribution in [-0.2, 0) is 12.7 Å². The molecule has 0 atom stereocenters. The Balaban J connectivity index is 2.29. The van der Waals surface area contributed by atoms with Gasteiger partial charge in [-0.25, -0.2) is 0 Å². The van der Waals surface area contributed by atoms with E-state index in [9.17, 15) is 13.2 Å². The molecule has 0 amide bonds. The van der Waals surface area contributed by atoms with Crippen LogP contribution in [0.25, 0.3) is 0 Å². The van der Waals surface area contributed by atoms with Gasteiger partial charge in [0.2, 0.25) is 0 Å².